The van der Waals surface area contributed by atoms with Crippen molar-refractivity contribution in [3.8, 4) is 0 Å². The number of allylic oxidation sites excluding steroid dienone is 3. The highest BCUT2D eigenvalue weighted by Gasteiger charge is 2.40. The third kappa shape index (κ3) is 3.62. The van der Waals surface area contributed by atoms with E-state index in [0.717, 1.165) is 0 Å². The van der Waals surface area contributed by atoms with Crippen molar-refractivity contribution in [2.24, 2.45) is 0 Å². The largest absolute Gasteiger partial charge is 0.395 e. The predicted molar refractivity (Wildman–Crippen MR) is 64.4 cm³/mol. The number of hydrogen-bond donors (Lipinski definition) is 4. The average Bonchev–Trinajstić information content (AvgIpc) is 2.32. The van der Waals surface area contributed by atoms with Crippen molar-refractivity contribution in [1.82, 2.24) is 4.90 Å². The first-order chi connectivity index (χ1) is 8.11. The first-order valence-electron chi connectivity index (χ1n) is 5.78. The van der Waals surface area contributed by atoms with Crippen LogP contribution >= 0.6 is 0 Å². The monoisotopic (exact) mass is 243 g/mol. The van der Waals surface area contributed by atoms with E-state index in [1.807, 2.05) is 31.2 Å². The molecule has 0 spiro atoms. The van der Waals surface area contributed by atoms with E-state index in [2.05, 4.69) is 0 Å². The van der Waals surface area contributed by atoms with Crippen LogP contribution in [0, 0.1) is 0 Å². The van der Waals surface area contributed by atoms with Gasteiger partial charge in [0.05, 0.1) is 18.8 Å². The van der Waals surface area contributed by atoms with E-state index in [0.29, 0.717) is 6.54 Å². The number of aliphatic hydroxyl groups excluding tert-OH is 4. The summed E-state index contributed by atoms with van der Waals surface area (Å²) in [6.07, 6.45) is 4.20. The van der Waals surface area contributed by atoms with Gasteiger partial charge in [-0.05, 0) is 6.92 Å². The molecule has 1 rings (SSSR count). The van der Waals surface area contributed by atoms with Crippen LogP contribution in [0.25, 0.3) is 0 Å². The fourth-order valence-corrected chi connectivity index (χ4v) is 1.97. The van der Waals surface area contributed by atoms with Crippen molar-refractivity contribution < 1.29 is 20.4 Å². The zero-order valence-electron chi connectivity index (χ0n) is 9.98. The van der Waals surface area contributed by atoms with Crippen molar-refractivity contribution in [2.45, 2.75) is 31.3 Å². The van der Waals surface area contributed by atoms with Crippen molar-refractivity contribution in [2.75, 3.05) is 19.7 Å². The first kappa shape index (κ1) is 14.3. The van der Waals surface area contributed by atoms with Gasteiger partial charge in [0.25, 0.3) is 0 Å². The fourth-order valence-electron chi connectivity index (χ4n) is 1.97. The first-order valence-corrected chi connectivity index (χ1v) is 5.78. The molecular weight excluding hydrogens is 222 g/mol. The zero-order chi connectivity index (χ0) is 12.8. The summed E-state index contributed by atoms with van der Waals surface area (Å²) in [5.74, 6) is 0. The van der Waals surface area contributed by atoms with Crippen LogP contribution in [0.3, 0.4) is 0 Å². The van der Waals surface area contributed by atoms with Crippen molar-refractivity contribution in [3.63, 3.8) is 0 Å². The Morgan fingerprint density at radius 1 is 1.18 bits per heavy atom. The third-order valence-corrected chi connectivity index (χ3v) is 3.00. The van der Waals surface area contributed by atoms with Gasteiger partial charge in [-0.1, -0.05) is 24.3 Å². The lowest BCUT2D eigenvalue weighted by Gasteiger charge is -2.42. The molecule has 1 heterocycles. The molecule has 1 aliphatic rings. The number of likely N-dealkylation sites (tertiary alicyclic amines) is 1. The molecule has 0 unspecified atom stereocenters. The van der Waals surface area contributed by atoms with Gasteiger partial charge in [-0.25, -0.2) is 0 Å². The lowest BCUT2D eigenvalue weighted by atomic mass is 9.94. The third-order valence-electron chi connectivity index (χ3n) is 3.00. The number of piperidine rings is 1. The number of β-amino-alcohol motifs (C(OH)–C–C–N with tert-alkyl or cyclic N) is 1. The second kappa shape index (κ2) is 6.88. The number of rotatable bonds is 4. The molecule has 0 radical (unpaired) electrons. The molecule has 0 bridgehead atoms. The van der Waals surface area contributed by atoms with Crippen LogP contribution in [0.15, 0.2) is 24.3 Å². The molecule has 0 aromatic carbocycles. The summed E-state index contributed by atoms with van der Waals surface area (Å²) < 4.78 is 0. The fraction of sp³-hybridized carbons (Fsp3) is 0.667. The lowest BCUT2D eigenvalue weighted by Crippen LogP contribution is -2.62. The van der Waals surface area contributed by atoms with Crippen LogP contribution in [0.1, 0.15) is 6.92 Å². The molecule has 1 aliphatic heterocycles. The Hall–Kier alpha value is -0.720. The van der Waals surface area contributed by atoms with E-state index in [1.165, 1.54) is 0 Å². The van der Waals surface area contributed by atoms with E-state index in [-0.39, 0.29) is 13.2 Å². The van der Waals surface area contributed by atoms with E-state index in [4.69, 9.17) is 0 Å². The Labute approximate surface area is 101 Å². The highest BCUT2D eigenvalue weighted by molar-refractivity contribution is 5.04. The molecule has 0 aliphatic carbocycles. The molecule has 0 amide bonds. The Morgan fingerprint density at radius 3 is 2.47 bits per heavy atom. The van der Waals surface area contributed by atoms with Gasteiger partial charge >= 0.3 is 0 Å². The summed E-state index contributed by atoms with van der Waals surface area (Å²) in [5.41, 5.74) is 0. The molecule has 98 valence electrons. The SMILES string of the molecule is C/C=C/C=C/CN1C[C@H](O)[C@@H](O)[C@H](O)[C@H]1CO. The molecule has 5 heteroatoms. The summed E-state index contributed by atoms with van der Waals surface area (Å²) in [6, 6.07) is -0.538. The Morgan fingerprint density at radius 2 is 1.88 bits per heavy atom. The van der Waals surface area contributed by atoms with Crippen molar-refractivity contribution in [3.05, 3.63) is 24.3 Å². The number of nitrogens with zero attached hydrogens (tertiary/aromatic N) is 1. The molecule has 1 fully saturated rings. The van der Waals surface area contributed by atoms with Crippen molar-refractivity contribution >= 4 is 0 Å². The molecule has 0 saturated carbocycles. The molecule has 1 saturated heterocycles. The van der Waals surface area contributed by atoms with Gasteiger partial charge in [-0.15, -0.1) is 0 Å². The minimum atomic E-state index is -1.19. The minimum Gasteiger partial charge on any atom is -0.395 e. The lowest BCUT2D eigenvalue weighted by molar-refractivity contribution is -0.142. The zero-order valence-corrected chi connectivity index (χ0v) is 9.98. The Balaban J connectivity index is 2.62. The predicted octanol–water partition coefficient (Wildman–Crippen LogP) is -1.12. The van der Waals surface area contributed by atoms with Gasteiger partial charge < -0.3 is 20.4 Å². The topological polar surface area (TPSA) is 84.2 Å². The van der Waals surface area contributed by atoms with Crippen LogP contribution in [-0.2, 0) is 0 Å². The van der Waals surface area contributed by atoms with E-state index >= 15 is 0 Å². The molecule has 0 aromatic heterocycles. The van der Waals surface area contributed by atoms with Crippen molar-refractivity contribution in [1.29, 1.82) is 0 Å². The van der Waals surface area contributed by atoms with E-state index < -0.39 is 24.4 Å². The standard InChI is InChI=1S/C12H21NO4/c1-2-3-4-5-6-13-7-10(15)12(17)11(16)9(13)8-14/h2-5,9-12,14-17H,6-8H2,1H3/b3-2+,5-4+/t9-,10+,11-,12-/m1/s1. The quantitative estimate of drug-likeness (QED) is 0.470. The summed E-state index contributed by atoms with van der Waals surface area (Å²) >= 11 is 0. The summed E-state index contributed by atoms with van der Waals surface area (Å²) in [5, 5.41) is 38.0. The van der Waals surface area contributed by atoms with Gasteiger partial charge in [0.1, 0.15) is 12.2 Å². The Kier molecular flexibility index (Phi) is 5.80. The summed E-state index contributed by atoms with van der Waals surface area (Å²) in [7, 11) is 0. The van der Waals surface area contributed by atoms with Crippen LogP contribution in [-0.4, -0.2) is 69.4 Å². The Bertz CT molecular complexity index is 280. The smallest absolute Gasteiger partial charge is 0.109 e. The van der Waals surface area contributed by atoms with Crippen LogP contribution in [0.5, 0.6) is 0 Å². The maximum atomic E-state index is 9.73. The maximum absolute atomic E-state index is 9.73. The normalized spacial score (nSPS) is 36.1. The molecule has 5 nitrogen and oxygen atoms in total. The van der Waals surface area contributed by atoms with Crippen LogP contribution in [0.2, 0.25) is 0 Å². The van der Waals surface area contributed by atoms with E-state index in [9.17, 15) is 20.4 Å². The highest BCUT2D eigenvalue weighted by Crippen LogP contribution is 2.18. The molecular formula is C12H21NO4. The van der Waals surface area contributed by atoms with Gasteiger partial charge in [-0.3, -0.25) is 4.90 Å². The molecule has 0 aromatic rings. The van der Waals surface area contributed by atoms with Gasteiger partial charge in [0.2, 0.25) is 0 Å². The van der Waals surface area contributed by atoms with Crippen LogP contribution in [0.4, 0.5) is 0 Å². The van der Waals surface area contributed by atoms with E-state index in [1.54, 1.807) is 4.90 Å². The second-order valence-corrected chi connectivity index (χ2v) is 4.21. The van der Waals surface area contributed by atoms with Crippen LogP contribution < -0.4 is 0 Å². The highest BCUT2D eigenvalue weighted by atomic mass is 16.4. The van der Waals surface area contributed by atoms with Gasteiger partial charge in [0.15, 0.2) is 0 Å². The number of aliphatic hydroxyl groups is 4. The molecule has 17 heavy (non-hydrogen) atoms. The van der Waals surface area contributed by atoms with Gasteiger partial charge in [0, 0.05) is 13.1 Å². The average molecular weight is 243 g/mol. The maximum Gasteiger partial charge on any atom is 0.109 e. The second-order valence-electron chi connectivity index (χ2n) is 4.21. The minimum absolute atomic E-state index is 0.240. The summed E-state index contributed by atoms with van der Waals surface area (Å²) in [4.78, 5) is 1.75. The van der Waals surface area contributed by atoms with Gasteiger partial charge in [-0.2, -0.15) is 0 Å². The summed E-state index contributed by atoms with van der Waals surface area (Å²) in [6.45, 7) is 2.41. The number of hydrogen-bond acceptors (Lipinski definition) is 5. The molecule has 4 atom stereocenters. The molecule has 4 N–H and O–H groups in total.